The number of ketones is 1. The smallest absolute Gasteiger partial charge is 0.204 e. The van der Waals surface area contributed by atoms with Gasteiger partial charge >= 0.3 is 0 Å². The summed E-state index contributed by atoms with van der Waals surface area (Å²) in [5, 5.41) is 10.7. The van der Waals surface area contributed by atoms with Crippen molar-refractivity contribution in [3.63, 3.8) is 0 Å². The Morgan fingerprint density at radius 1 is 1.26 bits per heavy atom. The highest BCUT2D eigenvalue weighted by molar-refractivity contribution is 6.38. The van der Waals surface area contributed by atoms with Crippen molar-refractivity contribution in [2.75, 3.05) is 6.61 Å². The maximum atomic E-state index is 12.6. The second-order valence-corrected chi connectivity index (χ2v) is 5.85. The van der Waals surface area contributed by atoms with Crippen LogP contribution in [0, 0.1) is 0 Å². The first-order valence-electron chi connectivity index (χ1n) is 6.57. The van der Waals surface area contributed by atoms with Gasteiger partial charge in [-0.1, -0.05) is 23.2 Å². The van der Waals surface area contributed by atoms with E-state index in [-0.39, 0.29) is 55.9 Å². The van der Waals surface area contributed by atoms with Gasteiger partial charge in [0.15, 0.2) is 11.4 Å². The molecular formula is C16H10Cl2O5. The lowest BCUT2D eigenvalue weighted by atomic mass is 10.1. The van der Waals surface area contributed by atoms with Gasteiger partial charge in [-0.2, -0.15) is 0 Å². The van der Waals surface area contributed by atoms with Gasteiger partial charge in [0, 0.05) is 17.2 Å². The van der Waals surface area contributed by atoms with Crippen molar-refractivity contribution in [3.8, 4) is 11.5 Å². The molecule has 0 radical (unpaired) electrons. The number of Topliss-reactive ketones (excluding diaryl/α,β-unsaturated/α-hetero) is 1. The third kappa shape index (κ3) is 2.85. The van der Waals surface area contributed by atoms with Gasteiger partial charge in [0.05, 0.1) is 10.4 Å². The average molecular weight is 353 g/mol. The van der Waals surface area contributed by atoms with E-state index in [0.29, 0.717) is 0 Å². The van der Waals surface area contributed by atoms with Gasteiger partial charge in [0.25, 0.3) is 0 Å². The standard InChI is InChI=1S/C16H10Cl2O5/c1-7(19)6-22-9-4-12(20)14-13(5-9)23-16-10(15(14)21)2-8(17)3-11(16)18/h2-5,20H,6H2,1H3. The largest absolute Gasteiger partial charge is 0.507 e. The number of hydrogen-bond donors (Lipinski definition) is 1. The van der Waals surface area contributed by atoms with Crippen LogP contribution in [0.5, 0.6) is 11.5 Å². The number of fused-ring (bicyclic) bond motifs is 2. The Morgan fingerprint density at radius 2 is 2.00 bits per heavy atom. The van der Waals surface area contributed by atoms with E-state index in [4.69, 9.17) is 32.4 Å². The number of phenolic OH excluding ortho intramolecular Hbond substituents is 1. The van der Waals surface area contributed by atoms with Crippen LogP contribution in [-0.4, -0.2) is 17.5 Å². The zero-order chi connectivity index (χ0) is 16.7. The maximum absolute atomic E-state index is 12.6. The lowest BCUT2D eigenvalue weighted by molar-refractivity contribution is -0.118. The Bertz CT molecular complexity index is 1010. The highest BCUT2D eigenvalue weighted by Crippen LogP contribution is 2.33. The molecule has 1 heterocycles. The maximum Gasteiger partial charge on any atom is 0.204 e. The Morgan fingerprint density at radius 3 is 2.70 bits per heavy atom. The van der Waals surface area contributed by atoms with Gasteiger partial charge in [-0.3, -0.25) is 9.59 Å². The van der Waals surface area contributed by atoms with Gasteiger partial charge < -0.3 is 14.3 Å². The molecule has 0 unspecified atom stereocenters. The fourth-order valence-electron chi connectivity index (χ4n) is 2.23. The first-order chi connectivity index (χ1) is 10.9. The van der Waals surface area contributed by atoms with Crippen molar-refractivity contribution >= 4 is 50.9 Å². The molecule has 1 aromatic heterocycles. The number of ether oxygens (including phenoxy) is 1. The van der Waals surface area contributed by atoms with Crippen molar-refractivity contribution in [3.05, 3.63) is 44.5 Å². The summed E-state index contributed by atoms with van der Waals surface area (Å²) in [4.78, 5) is 23.5. The van der Waals surface area contributed by atoms with E-state index in [0.717, 1.165) is 0 Å². The molecule has 1 N–H and O–H groups in total. The zero-order valence-corrected chi connectivity index (χ0v) is 13.4. The predicted molar refractivity (Wildman–Crippen MR) is 87.9 cm³/mol. The molecule has 0 bridgehead atoms. The number of carbonyl (C=O) groups excluding carboxylic acids is 1. The molecule has 0 aliphatic heterocycles. The predicted octanol–water partition coefficient (Wildman–Crippen LogP) is 3.93. The molecule has 0 saturated heterocycles. The SMILES string of the molecule is CC(=O)COc1cc(O)c2c(=O)c3cc(Cl)cc(Cl)c3oc2c1. The molecule has 0 atom stereocenters. The monoisotopic (exact) mass is 352 g/mol. The summed E-state index contributed by atoms with van der Waals surface area (Å²) in [6.45, 7) is 1.22. The molecule has 0 aliphatic carbocycles. The highest BCUT2D eigenvalue weighted by atomic mass is 35.5. The highest BCUT2D eigenvalue weighted by Gasteiger charge is 2.16. The topological polar surface area (TPSA) is 76.7 Å². The van der Waals surface area contributed by atoms with E-state index in [1.54, 1.807) is 0 Å². The molecule has 7 heteroatoms. The number of rotatable bonds is 3. The molecular weight excluding hydrogens is 343 g/mol. The van der Waals surface area contributed by atoms with Crippen LogP contribution in [0.15, 0.2) is 33.5 Å². The average Bonchev–Trinajstić information content (AvgIpc) is 2.46. The Balaban J connectivity index is 2.31. The number of hydrogen-bond acceptors (Lipinski definition) is 5. The van der Waals surface area contributed by atoms with Gasteiger partial charge in [0.1, 0.15) is 29.1 Å². The van der Waals surface area contributed by atoms with E-state index in [1.165, 1.54) is 31.2 Å². The Kier molecular flexibility index (Phi) is 3.92. The summed E-state index contributed by atoms with van der Waals surface area (Å²) in [5.74, 6) is -0.284. The summed E-state index contributed by atoms with van der Waals surface area (Å²) in [6, 6.07) is 5.55. The molecule has 0 saturated carbocycles. The van der Waals surface area contributed by atoms with Gasteiger partial charge in [-0.05, 0) is 19.1 Å². The lowest BCUT2D eigenvalue weighted by Crippen LogP contribution is -2.07. The van der Waals surface area contributed by atoms with Crippen LogP contribution in [0.3, 0.4) is 0 Å². The van der Waals surface area contributed by atoms with Crippen molar-refractivity contribution < 1.29 is 19.1 Å². The minimum Gasteiger partial charge on any atom is -0.507 e. The van der Waals surface area contributed by atoms with Crippen molar-refractivity contribution in [2.45, 2.75) is 6.92 Å². The van der Waals surface area contributed by atoms with Gasteiger partial charge in [-0.15, -0.1) is 0 Å². The van der Waals surface area contributed by atoms with Gasteiger partial charge in [0.2, 0.25) is 5.43 Å². The first-order valence-corrected chi connectivity index (χ1v) is 7.33. The number of halogens is 2. The fraction of sp³-hybridized carbons (Fsp3) is 0.125. The Hall–Kier alpha value is -2.24. The number of aromatic hydroxyl groups is 1. The first kappa shape index (κ1) is 15.6. The van der Waals surface area contributed by atoms with E-state index in [2.05, 4.69) is 0 Å². The van der Waals surface area contributed by atoms with Crippen LogP contribution >= 0.6 is 23.2 Å². The summed E-state index contributed by atoms with van der Waals surface area (Å²) in [6.07, 6.45) is 0. The third-order valence-electron chi connectivity index (χ3n) is 3.19. The van der Waals surface area contributed by atoms with Crippen molar-refractivity contribution in [1.29, 1.82) is 0 Å². The lowest BCUT2D eigenvalue weighted by Gasteiger charge is -2.08. The molecule has 118 valence electrons. The molecule has 3 aromatic rings. The molecule has 23 heavy (non-hydrogen) atoms. The number of benzene rings is 2. The second-order valence-electron chi connectivity index (χ2n) is 5.00. The summed E-state index contributed by atoms with van der Waals surface area (Å²) >= 11 is 12.0. The van der Waals surface area contributed by atoms with Crippen molar-refractivity contribution in [2.24, 2.45) is 0 Å². The molecule has 0 amide bonds. The summed E-state index contributed by atoms with van der Waals surface area (Å²) < 4.78 is 10.9. The minimum absolute atomic E-state index is 0.00833. The second kappa shape index (κ2) is 5.76. The van der Waals surface area contributed by atoms with Crippen LogP contribution in [0.1, 0.15) is 6.92 Å². The number of carbonyl (C=O) groups is 1. The van der Waals surface area contributed by atoms with Crippen molar-refractivity contribution in [1.82, 2.24) is 0 Å². The zero-order valence-electron chi connectivity index (χ0n) is 11.9. The van der Waals surface area contributed by atoms with Gasteiger partial charge in [-0.25, -0.2) is 0 Å². The molecule has 5 nitrogen and oxygen atoms in total. The minimum atomic E-state index is -0.457. The normalized spacial score (nSPS) is 11.1. The molecule has 0 fully saturated rings. The molecule has 3 rings (SSSR count). The van der Waals surface area contributed by atoms with Crippen LogP contribution < -0.4 is 10.2 Å². The summed E-state index contributed by atoms with van der Waals surface area (Å²) in [5.41, 5.74) is -0.191. The quantitative estimate of drug-likeness (QED) is 0.722. The molecule has 0 spiro atoms. The van der Waals surface area contributed by atoms with Crippen LogP contribution in [0.4, 0.5) is 0 Å². The Labute approximate surface area is 140 Å². The van der Waals surface area contributed by atoms with E-state index in [1.807, 2.05) is 0 Å². The third-order valence-corrected chi connectivity index (χ3v) is 3.69. The van der Waals surface area contributed by atoms with E-state index in [9.17, 15) is 14.7 Å². The molecule has 2 aromatic carbocycles. The molecule has 0 aliphatic rings. The number of phenols is 1. The van der Waals surface area contributed by atoms with E-state index >= 15 is 0 Å². The summed E-state index contributed by atoms with van der Waals surface area (Å²) in [7, 11) is 0. The van der Waals surface area contributed by atoms with Crippen LogP contribution in [0.25, 0.3) is 21.9 Å². The van der Waals surface area contributed by atoms with Crippen LogP contribution in [0.2, 0.25) is 10.0 Å². The van der Waals surface area contributed by atoms with Crippen LogP contribution in [-0.2, 0) is 4.79 Å². The van der Waals surface area contributed by atoms with E-state index < -0.39 is 5.43 Å². The fourth-order valence-corrected chi connectivity index (χ4v) is 2.76.